The number of rotatable bonds is 7. The Hall–Kier alpha value is -2.53. The molecule has 126 valence electrons. The van der Waals surface area contributed by atoms with Gasteiger partial charge in [0.2, 0.25) is 0 Å². The molecule has 0 atom stereocenters. The van der Waals surface area contributed by atoms with Crippen LogP contribution in [0.2, 0.25) is 5.02 Å². The molecule has 0 unspecified atom stereocenters. The minimum atomic E-state index is -0.797. The van der Waals surface area contributed by atoms with Crippen LogP contribution in [0, 0.1) is 0 Å². The molecular formula is C18H18ClNO4. The van der Waals surface area contributed by atoms with Crippen LogP contribution in [-0.4, -0.2) is 30.1 Å². The molecular weight excluding hydrogens is 330 g/mol. The zero-order chi connectivity index (χ0) is 17.4. The molecule has 0 aliphatic heterocycles. The van der Waals surface area contributed by atoms with Gasteiger partial charge in [0.15, 0.2) is 6.61 Å². The maximum atomic E-state index is 11.8. The summed E-state index contributed by atoms with van der Waals surface area (Å²) in [5, 5.41) is 12.6. The second-order valence-corrected chi connectivity index (χ2v) is 5.61. The number of ether oxygens (including phenoxy) is 1. The van der Waals surface area contributed by atoms with Gasteiger partial charge in [-0.1, -0.05) is 41.9 Å². The highest BCUT2D eigenvalue weighted by Gasteiger charge is 2.14. The average Bonchev–Trinajstić information content (AvgIpc) is 2.59. The minimum Gasteiger partial charge on any atom is -0.507 e. The Morgan fingerprint density at radius 2 is 1.88 bits per heavy atom. The van der Waals surface area contributed by atoms with Crippen LogP contribution >= 0.6 is 11.6 Å². The molecule has 0 aliphatic carbocycles. The molecule has 2 N–H and O–H groups in total. The van der Waals surface area contributed by atoms with Gasteiger partial charge in [0, 0.05) is 11.6 Å². The molecule has 0 saturated carbocycles. The number of hydrogen-bond acceptors (Lipinski definition) is 4. The summed E-state index contributed by atoms with van der Waals surface area (Å²) in [6.07, 6.45) is 1.65. The highest BCUT2D eigenvalue weighted by Crippen LogP contribution is 2.22. The van der Waals surface area contributed by atoms with Crippen molar-refractivity contribution >= 4 is 23.5 Å². The topological polar surface area (TPSA) is 75.6 Å². The quantitative estimate of drug-likeness (QED) is 0.596. The second kappa shape index (κ2) is 8.93. The van der Waals surface area contributed by atoms with Gasteiger partial charge in [0.25, 0.3) is 5.91 Å². The fourth-order valence-electron chi connectivity index (χ4n) is 2.10. The number of aryl methyl sites for hydroxylation is 1. The number of carbonyl (C=O) groups is 2. The van der Waals surface area contributed by atoms with E-state index in [-0.39, 0.29) is 11.3 Å². The summed E-state index contributed by atoms with van der Waals surface area (Å²) >= 11 is 5.76. The van der Waals surface area contributed by atoms with Crippen LogP contribution < -0.4 is 5.32 Å². The lowest BCUT2D eigenvalue weighted by molar-refractivity contribution is -0.124. The number of phenolic OH excluding ortho intramolecular Hbond substituents is 1. The Morgan fingerprint density at radius 1 is 1.12 bits per heavy atom. The Balaban J connectivity index is 1.69. The van der Waals surface area contributed by atoms with Crippen molar-refractivity contribution in [3.05, 3.63) is 64.7 Å². The van der Waals surface area contributed by atoms with E-state index in [2.05, 4.69) is 5.32 Å². The number of amides is 1. The lowest BCUT2D eigenvalue weighted by Gasteiger charge is -2.08. The van der Waals surface area contributed by atoms with Crippen LogP contribution in [0.4, 0.5) is 0 Å². The van der Waals surface area contributed by atoms with Crippen molar-refractivity contribution in [2.45, 2.75) is 12.8 Å². The van der Waals surface area contributed by atoms with Crippen molar-refractivity contribution in [1.82, 2.24) is 5.32 Å². The largest absolute Gasteiger partial charge is 0.507 e. The fourth-order valence-corrected chi connectivity index (χ4v) is 2.27. The van der Waals surface area contributed by atoms with Crippen molar-refractivity contribution in [1.29, 1.82) is 0 Å². The van der Waals surface area contributed by atoms with Gasteiger partial charge >= 0.3 is 5.97 Å². The number of phenols is 1. The second-order valence-electron chi connectivity index (χ2n) is 5.18. The van der Waals surface area contributed by atoms with Gasteiger partial charge in [0.1, 0.15) is 11.3 Å². The third-order valence-corrected chi connectivity index (χ3v) is 3.56. The number of aromatic hydroxyl groups is 1. The van der Waals surface area contributed by atoms with Gasteiger partial charge in [-0.15, -0.1) is 0 Å². The van der Waals surface area contributed by atoms with Gasteiger partial charge in [-0.25, -0.2) is 4.79 Å². The van der Waals surface area contributed by atoms with Crippen LogP contribution in [0.3, 0.4) is 0 Å². The zero-order valence-corrected chi connectivity index (χ0v) is 13.8. The standard InChI is InChI=1S/C18H18ClNO4/c19-14-8-9-16(21)15(11-14)18(23)24-12-17(22)20-10-4-7-13-5-2-1-3-6-13/h1-3,5-6,8-9,11,21H,4,7,10,12H2,(H,20,22). The maximum absolute atomic E-state index is 11.8. The minimum absolute atomic E-state index is 0.0700. The van der Waals surface area contributed by atoms with E-state index in [0.29, 0.717) is 11.6 Å². The Bertz CT molecular complexity index is 703. The molecule has 1 amide bonds. The van der Waals surface area contributed by atoms with E-state index in [1.165, 1.54) is 23.8 Å². The highest BCUT2D eigenvalue weighted by atomic mass is 35.5. The Kier molecular flexibility index (Phi) is 6.63. The molecule has 0 bridgehead atoms. The first-order valence-corrected chi connectivity index (χ1v) is 7.90. The number of esters is 1. The van der Waals surface area contributed by atoms with E-state index in [1.807, 2.05) is 30.3 Å². The molecule has 2 aromatic rings. The summed E-state index contributed by atoms with van der Waals surface area (Å²) in [5.41, 5.74) is 1.13. The molecule has 0 aliphatic rings. The molecule has 24 heavy (non-hydrogen) atoms. The summed E-state index contributed by atoms with van der Waals surface area (Å²) in [5.74, 6) is -1.43. The summed E-state index contributed by atoms with van der Waals surface area (Å²) in [6.45, 7) is 0.0871. The molecule has 5 nitrogen and oxygen atoms in total. The highest BCUT2D eigenvalue weighted by molar-refractivity contribution is 6.31. The number of hydrogen-bond donors (Lipinski definition) is 2. The molecule has 2 rings (SSSR count). The van der Waals surface area contributed by atoms with E-state index >= 15 is 0 Å². The van der Waals surface area contributed by atoms with Crippen LogP contribution in [0.25, 0.3) is 0 Å². The van der Waals surface area contributed by atoms with E-state index in [0.717, 1.165) is 12.8 Å². The number of benzene rings is 2. The van der Waals surface area contributed by atoms with Gasteiger partial charge in [-0.3, -0.25) is 4.79 Å². The van der Waals surface area contributed by atoms with Crippen molar-refractivity contribution in [3.8, 4) is 5.75 Å². The Morgan fingerprint density at radius 3 is 2.62 bits per heavy atom. The SMILES string of the molecule is O=C(COC(=O)c1cc(Cl)ccc1O)NCCCc1ccccc1. The molecule has 2 aromatic carbocycles. The van der Waals surface area contributed by atoms with Crippen LogP contribution in [0.5, 0.6) is 5.75 Å². The summed E-state index contributed by atoms with van der Waals surface area (Å²) in [7, 11) is 0. The van der Waals surface area contributed by atoms with Crippen LogP contribution in [0.1, 0.15) is 22.3 Å². The third-order valence-electron chi connectivity index (χ3n) is 3.32. The first-order chi connectivity index (χ1) is 11.6. The van der Waals surface area contributed by atoms with Gasteiger partial charge in [-0.2, -0.15) is 0 Å². The molecule has 0 heterocycles. The molecule has 0 spiro atoms. The van der Waals surface area contributed by atoms with E-state index < -0.39 is 18.5 Å². The van der Waals surface area contributed by atoms with Crippen molar-refractivity contribution in [2.24, 2.45) is 0 Å². The monoisotopic (exact) mass is 347 g/mol. The molecule has 0 saturated heterocycles. The summed E-state index contributed by atoms with van der Waals surface area (Å²) in [6, 6.07) is 14.0. The average molecular weight is 348 g/mol. The normalized spacial score (nSPS) is 10.2. The number of carbonyl (C=O) groups excluding carboxylic acids is 2. The molecule has 0 radical (unpaired) electrons. The third kappa shape index (κ3) is 5.59. The first kappa shape index (κ1) is 17.8. The zero-order valence-electron chi connectivity index (χ0n) is 13.0. The van der Waals surface area contributed by atoms with Gasteiger partial charge < -0.3 is 15.2 Å². The number of nitrogens with one attached hydrogen (secondary N) is 1. The van der Waals surface area contributed by atoms with E-state index in [9.17, 15) is 14.7 Å². The molecule has 0 aromatic heterocycles. The van der Waals surface area contributed by atoms with Gasteiger partial charge in [0.05, 0.1) is 0 Å². The Labute approximate surface area is 145 Å². The van der Waals surface area contributed by atoms with Crippen LogP contribution in [0.15, 0.2) is 48.5 Å². The van der Waals surface area contributed by atoms with Gasteiger partial charge in [-0.05, 0) is 36.6 Å². The van der Waals surface area contributed by atoms with Crippen molar-refractivity contribution < 1.29 is 19.4 Å². The van der Waals surface area contributed by atoms with Crippen molar-refractivity contribution in [2.75, 3.05) is 13.2 Å². The van der Waals surface area contributed by atoms with Crippen molar-refractivity contribution in [3.63, 3.8) is 0 Å². The number of halogens is 1. The molecule has 0 fully saturated rings. The molecule has 6 heteroatoms. The fraction of sp³-hybridized carbons (Fsp3) is 0.222. The predicted octanol–water partition coefficient (Wildman–Crippen LogP) is 2.95. The smallest absolute Gasteiger partial charge is 0.342 e. The van der Waals surface area contributed by atoms with Crippen LogP contribution in [-0.2, 0) is 16.0 Å². The summed E-state index contributed by atoms with van der Waals surface area (Å²) in [4.78, 5) is 23.5. The predicted molar refractivity (Wildman–Crippen MR) is 91.2 cm³/mol. The van der Waals surface area contributed by atoms with E-state index in [1.54, 1.807) is 0 Å². The first-order valence-electron chi connectivity index (χ1n) is 7.52. The van der Waals surface area contributed by atoms with E-state index in [4.69, 9.17) is 16.3 Å². The lowest BCUT2D eigenvalue weighted by atomic mass is 10.1. The maximum Gasteiger partial charge on any atom is 0.342 e. The summed E-state index contributed by atoms with van der Waals surface area (Å²) < 4.78 is 4.87. The lowest BCUT2D eigenvalue weighted by Crippen LogP contribution is -2.29.